The minimum atomic E-state index is 0.227. The molecule has 0 heterocycles. The number of carbonyl (C=O) groups is 1. The van der Waals surface area contributed by atoms with Gasteiger partial charge in [-0.05, 0) is 45.4 Å². The molecule has 0 bridgehead atoms. The molecular formula is C14H22O. The van der Waals surface area contributed by atoms with Crippen LogP contribution in [-0.4, -0.2) is 6.29 Å². The van der Waals surface area contributed by atoms with Crippen molar-refractivity contribution in [2.24, 2.45) is 17.8 Å². The van der Waals surface area contributed by atoms with E-state index >= 15 is 0 Å². The summed E-state index contributed by atoms with van der Waals surface area (Å²) >= 11 is 0. The predicted molar refractivity (Wildman–Crippen MR) is 64.6 cm³/mol. The van der Waals surface area contributed by atoms with Crippen LogP contribution in [-0.2, 0) is 4.79 Å². The quantitative estimate of drug-likeness (QED) is 0.507. The van der Waals surface area contributed by atoms with Crippen LogP contribution in [0.25, 0.3) is 0 Å². The van der Waals surface area contributed by atoms with Crippen molar-refractivity contribution in [2.45, 2.75) is 40.5 Å². The highest BCUT2D eigenvalue weighted by molar-refractivity contribution is 5.55. The molecule has 0 saturated heterocycles. The van der Waals surface area contributed by atoms with Crippen molar-refractivity contribution in [2.75, 3.05) is 0 Å². The van der Waals surface area contributed by atoms with E-state index in [1.807, 2.05) is 0 Å². The standard InChI is InChI=1S/C14H22O/c1-5-10(2)6-13-7-11(3)8-14(9-15)12(13)4/h5,7,9,12-14H,6,8H2,1-4H3. The van der Waals surface area contributed by atoms with Gasteiger partial charge in [-0.3, -0.25) is 0 Å². The first-order chi connectivity index (χ1) is 7.08. The average Bonchev–Trinajstić information content (AvgIpc) is 2.22. The molecule has 0 fully saturated rings. The normalized spacial score (nSPS) is 32.4. The maximum absolute atomic E-state index is 11.0. The summed E-state index contributed by atoms with van der Waals surface area (Å²) in [6.07, 6.45) is 7.71. The minimum Gasteiger partial charge on any atom is -0.303 e. The molecule has 0 aromatic carbocycles. The van der Waals surface area contributed by atoms with Crippen molar-refractivity contribution < 1.29 is 4.79 Å². The molecule has 0 aliphatic heterocycles. The molecule has 1 heteroatoms. The molecular weight excluding hydrogens is 184 g/mol. The largest absolute Gasteiger partial charge is 0.303 e. The third kappa shape index (κ3) is 3.05. The Labute approximate surface area is 93.3 Å². The number of hydrogen-bond acceptors (Lipinski definition) is 1. The number of aldehydes is 1. The molecule has 1 aliphatic rings. The van der Waals surface area contributed by atoms with Crippen molar-refractivity contribution in [3.8, 4) is 0 Å². The second kappa shape index (κ2) is 5.29. The molecule has 3 unspecified atom stereocenters. The average molecular weight is 206 g/mol. The van der Waals surface area contributed by atoms with Gasteiger partial charge < -0.3 is 4.79 Å². The highest BCUT2D eigenvalue weighted by atomic mass is 16.1. The Morgan fingerprint density at radius 2 is 2.27 bits per heavy atom. The summed E-state index contributed by atoms with van der Waals surface area (Å²) in [7, 11) is 0. The lowest BCUT2D eigenvalue weighted by Gasteiger charge is -2.31. The topological polar surface area (TPSA) is 17.1 Å². The molecule has 1 nitrogen and oxygen atoms in total. The van der Waals surface area contributed by atoms with E-state index in [1.54, 1.807) is 0 Å². The Morgan fingerprint density at radius 1 is 1.60 bits per heavy atom. The van der Waals surface area contributed by atoms with Crippen molar-refractivity contribution >= 4 is 6.29 Å². The summed E-state index contributed by atoms with van der Waals surface area (Å²) in [6, 6.07) is 0. The van der Waals surface area contributed by atoms with E-state index < -0.39 is 0 Å². The Morgan fingerprint density at radius 3 is 2.80 bits per heavy atom. The third-order valence-corrected chi connectivity index (χ3v) is 3.63. The predicted octanol–water partition coefficient (Wildman–Crippen LogP) is 3.76. The molecule has 84 valence electrons. The second-order valence-corrected chi connectivity index (χ2v) is 4.88. The lowest BCUT2D eigenvalue weighted by Crippen LogP contribution is -2.25. The second-order valence-electron chi connectivity index (χ2n) is 4.88. The third-order valence-electron chi connectivity index (χ3n) is 3.63. The van der Waals surface area contributed by atoms with Gasteiger partial charge in [-0.25, -0.2) is 0 Å². The van der Waals surface area contributed by atoms with E-state index in [-0.39, 0.29) is 5.92 Å². The van der Waals surface area contributed by atoms with E-state index in [2.05, 4.69) is 39.8 Å². The van der Waals surface area contributed by atoms with E-state index in [0.717, 1.165) is 19.1 Å². The fourth-order valence-corrected chi connectivity index (χ4v) is 2.37. The van der Waals surface area contributed by atoms with Gasteiger partial charge in [-0.15, -0.1) is 0 Å². The Balaban J connectivity index is 2.78. The van der Waals surface area contributed by atoms with Crippen molar-refractivity contribution in [3.63, 3.8) is 0 Å². The summed E-state index contributed by atoms with van der Waals surface area (Å²) in [4.78, 5) is 11.0. The van der Waals surface area contributed by atoms with Gasteiger partial charge in [-0.2, -0.15) is 0 Å². The molecule has 1 aliphatic carbocycles. The first-order valence-corrected chi connectivity index (χ1v) is 5.82. The highest BCUT2D eigenvalue weighted by Crippen LogP contribution is 2.35. The monoisotopic (exact) mass is 206 g/mol. The molecule has 0 radical (unpaired) electrons. The van der Waals surface area contributed by atoms with Crippen LogP contribution in [0.4, 0.5) is 0 Å². The summed E-state index contributed by atoms with van der Waals surface area (Å²) < 4.78 is 0. The summed E-state index contributed by atoms with van der Waals surface area (Å²) in [5.41, 5.74) is 2.79. The van der Waals surface area contributed by atoms with Crippen molar-refractivity contribution in [1.82, 2.24) is 0 Å². The van der Waals surface area contributed by atoms with Gasteiger partial charge in [0, 0.05) is 5.92 Å². The lowest BCUT2D eigenvalue weighted by molar-refractivity contribution is -0.113. The maximum Gasteiger partial charge on any atom is 0.123 e. The van der Waals surface area contributed by atoms with E-state index in [4.69, 9.17) is 0 Å². The number of rotatable bonds is 3. The van der Waals surface area contributed by atoms with E-state index in [9.17, 15) is 4.79 Å². The van der Waals surface area contributed by atoms with Gasteiger partial charge in [0.2, 0.25) is 0 Å². The van der Waals surface area contributed by atoms with Gasteiger partial charge in [0.15, 0.2) is 0 Å². The molecule has 1 rings (SSSR count). The SMILES string of the molecule is CC=C(C)CC1C=C(C)CC(C=O)C1C. The van der Waals surface area contributed by atoms with Crippen molar-refractivity contribution in [3.05, 3.63) is 23.3 Å². The van der Waals surface area contributed by atoms with Crippen LogP contribution < -0.4 is 0 Å². The van der Waals surface area contributed by atoms with Crippen LogP contribution in [0.5, 0.6) is 0 Å². The molecule has 0 aromatic heterocycles. The number of hydrogen-bond donors (Lipinski definition) is 0. The number of carbonyl (C=O) groups excluding carboxylic acids is 1. The molecule has 3 atom stereocenters. The Kier molecular flexibility index (Phi) is 4.31. The van der Waals surface area contributed by atoms with Crippen LogP contribution in [0, 0.1) is 17.8 Å². The molecule has 0 amide bonds. The zero-order valence-electron chi connectivity index (χ0n) is 10.3. The molecule has 15 heavy (non-hydrogen) atoms. The first kappa shape index (κ1) is 12.2. The van der Waals surface area contributed by atoms with Crippen molar-refractivity contribution in [1.29, 1.82) is 0 Å². The van der Waals surface area contributed by atoms with Crippen LogP contribution in [0.1, 0.15) is 40.5 Å². The van der Waals surface area contributed by atoms with Crippen LogP contribution in [0.3, 0.4) is 0 Å². The molecule has 0 saturated carbocycles. The minimum absolute atomic E-state index is 0.227. The van der Waals surface area contributed by atoms with Gasteiger partial charge in [0.05, 0.1) is 0 Å². The van der Waals surface area contributed by atoms with Crippen LogP contribution in [0.2, 0.25) is 0 Å². The summed E-state index contributed by atoms with van der Waals surface area (Å²) in [6.45, 7) is 8.59. The lowest BCUT2D eigenvalue weighted by atomic mass is 9.73. The summed E-state index contributed by atoms with van der Waals surface area (Å²) in [5.74, 6) is 1.26. The Hall–Kier alpha value is -0.850. The van der Waals surface area contributed by atoms with Gasteiger partial charge in [0.25, 0.3) is 0 Å². The van der Waals surface area contributed by atoms with Crippen LogP contribution >= 0.6 is 0 Å². The fraction of sp³-hybridized carbons (Fsp3) is 0.643. The van der Waals surface area contributed by atoms with Crippen LogP contribution in [0.15, 0.2) is 23.3 Å². The number of allylic oxidation sites excluding steroid dienone is 4. The maximum atomic E-state index is 11.0. The zero-order chi connectivity index (χ0) is 11.4. The smallest absolute Gasteiger partial charge is 0.123 e. The molecule has 0 spiro atoms. The Bertz CT molecular complexity index is 286. The van der Waals surface area contributed by atoms with Gasteiger partial charge in [-0.1, -0.05) is 30.2 Å². The fourth-order valence-electron chi connectivity index (χ4n) is 2.37. The first-order valence-electron chi connectivity index (χ1n) is 5.82. The molecule has 0 aromatic rings. The summed E-state index contributed by atoms with van der Waals surface area (Å²) in [5, 5.41) is 0. The zero-order valence-corrected chi connectivity index (χ0v) is 10.3. The van der Waals surface area contributed by atoms with E-state index in [0.29, 0.717) is 11.8 Å². The van der Waals surface area contributed by atoms with E-state index in [1.165, 1.54) is 11.1 Å². The molecule has 0 N–H and O–H groups in total. The van der Waals surface area contributed by atoms with Gasteiger partial charge in [0.1, 0.15) is 6.29 Å². The van der Waals surface area contributed by atoms with Gasteiger partial charge >= 0.3 is 0 Å². The highest BCUT2D eigenvalue weighted by Gasteiger charge is 2.28.